The van der Waals surface area contributed by atoms with Gasteiger partial charge in [-0.3, -0.25) is 4.18 Å². The van der Waals surface area contributed by atoms with Crippen LogP contribution in [0.5, 0.6) is 0 Å². The summed E-state index contributed by atoms with van der Waals surface area (Å²) in [6, 6.07) is 0. The zero-order chi connectivity index (χ0) is 16.0. The summed E-state index contributed by atoms with van der Waals surface area (Å²) in [4.78, 5) is 0. The zero-order valence-electron chi connectivity index (χ0n) is 14.3. The van der Waals surface area contributed by atoms with Gasteiger partial charge in [0.25, 0.3) is 10.1 Å². The SMILES string of the molecule is CCCCCCCCCCCCOS(=O)(=O)CC(O)CO.[Na]. The van der Waals surface area contributed by atoms with Crippen LogP contribution in [-0.2, 0) is 14.3 Å². The van der Waals surface area contributed by atoms with Crippen LogP contribution in [0.2, 0.25) is 0 Å². The molecule has 0 aliphatic carbocycles. The van der Waals surface area contributed by atoms with E-state index in [1.165, 1.54) is 44.9 Å². The minimum Gasteiger partial charge on any atom is -0.394 e. The Morgan fingerprint density at radius 2 is 1.36 bits per heavy atom. The van der Waals surface area contributed by atoms with Gasteiger partial charge in [0.15, 0.2) is 0 Å². The third-order valence-electron chi connectivity index (χ3n) is 3.37. The normalized spacial score (nSPS) is 12.9. The number of hydrogen-bond donors (Lipinski definition) is 2. The number of aliphatic hydroxyl groups is 2. The molecule has 0 aliphatic rings. The standard InChI is InChI=1S/C15H32O5S.Na/c1-2-3-4-5-6-7-8-9-10-11-12-20-21(18,19)14-15(17)13-16;/h15-17H,2-14H2,1H3;. The Morgan fingerprint density at radius 1 is 0.909 bits per heavy atom. The molecule has 0 bridgehead atoms. The number of aliphatic hydroxyl groups excluding tert-OH is 2. The van der Waals surface area contributed by atoms with Gasteiger partial charge >= 0.3 is 0 Å². The Hall–Kier alpha value is 0.830. The molecule has 2 N–H and O–H groups in total. The van der Waals surface area contributed by atoms with Crippen LogP contribution in [0, 0.1) is 0 Å². The molecule has 5 nitrogen and oxygen atoms in total. The van der Waals surface area contributed by atoms with Gasteiger partial charge in [-0.2, -0.15) is 8.42 Å². The maximum atomic E-state index is 11.4. The van der Waals surface area contributed by atoms with Crippen LogP contribution < -0.4 is 0 Å². The second-order valence-corrected chi connectivity index (χ2v) is 7.25. The van der Waals surface area contributed by atoms with Crippen molar-refractivity contribution in [1.29, 1.82) is 0 Å². The summed E-state index contributed by atoms with van der Waals surface area (Å²) in [5.41, 5.74) is 0. The average molecular weight is 347 g/mol. The number of unbranched alkanes of at least 4 members (excludes halogenated alkanes) is 9. The molecule has 7 heteroatoms. The van der Waals surface area contributed by atoms with Crippen molar-refractivity contribution < 1.29 is 22.8 Å². The summed E-state index contributed by atoms with van der Waals surface area (Å²) in [7, 11) is -3.71. The molecule has 0 saturated heterocycles. The molecular formula is C15H32NaO5S. The Labute approximate surface area is 158 Å². The van der Waals surface area contributed by atoms with Gasteiger partial charge in [-0.15, -0.1) is 0 Å². The van der Waals surface area contributed by atoms with Gasteiger partial charge in [0.2, 0.25) is 0 Å². The molecule has 22 heavy (non-hydrogen) atoms. The van der Waals surface area contributed by atoms with E-state index in [9.17, 15) is 8.42 Å². The molecular weight excluding hydrogens is 315 g/mol. The van der Waals surface area contributed by atoms with E-state index in [0.29, 0.717) is 6.42 Å². The maximum absolute atomic E-state index is 11.4. The summed E-state index contributed by atoms with van der Waals surface area (Å²) in [6.07, 6.45) is 10.5. The first-order valence-electron chi connectivity index (χ1n) is 8.18. The average Bonchev–Trinajstić information content (AvgIpc) is 2.44. The van der Waals surface area contributed by atoms with E-state index in [2.05, 4.69) is 6.92 Å². The molecule has 0 saturated carbocycles. The second kappa shape index (κ2) is 16.7. The molecule has 129 valence electrons. The molecule has 1 unspecified atom stereocenters. The van der Waals surface area contributed by atoms with Crippen LogP contribution in [0.1, 0.15) is 71.1 Å². The quantitative estimate of drug-likeness (QED) is 0.270. The van der Waals surface area contributed by atoms with Gasteiger partial charge in [-0.25, -0.2) is 0 Å². The zero-order valence-corrected chi connectivity index (χ0v) is 17.1. The molecule has 1 atom stereocenters. The molecule has 0 aromatic heterocycles. The monoisotopic (exact) mass is 347 g/mol. The molecule has 0 heterocycles. The summed E-state index contributed by atoms with van der Waals surface area (Å²) < 4.78 is 27.5. The number of hydrogen-bond acceptors (Lipinski definition) is 5. The van der Waals surface area contributed by atoms with Crippen molar-refractivity contribution in [2.24, 2.45) is 0 Å². The molecule has 0 spiro atoms. The fraction of sp³-hybridized carbons (Fsp3) is 1.00. The minimum atomic E-state index is -3.71. The van der Waals surface area contributed by atoms with Crippen molar-refractivity contribution in [2.75, 3.05) is 19.0 Å². The van der Waals surface area contributed by atoms with Crippen molar-refractivity contribution >= 4 is 39.7 Å². The van der Waals surface area contributed by atoms with E-state index in [4.69, 9.17) is 14.4 Å². The van der Waals surface area contributed by atoms with E-state index in [1.807, 2.05) is 0 Å². The third kappa shape index (κ3) is 17.2. The minimum absolute atomic E-state index is 0. The van der Waals surface area contributed by atoms with Crippen molar-refractivity contribution in [3.05, 3.63) is 0 Å². The van der Waals surface area contributed by atoms with Crippen LogP contribution >= 0.6 is 0 Å². The fourth-order valence-corrected chi connectivity index (χ4v) is 3.16. The van der Waals surface area contributed by atoms with Crippen molar-refractivity contribution in [1.82, 2.24) is 0 Å². The van der Waals surface area contributed by atoms with Gasteiger partial charge in [0.1, 0.15) is 5.75 Å². The van der Waals surface area contributed by atoms with Crippen molar-refractivity contribution in [3.63, 3.8) is 0 Å². The van der Waals surface area contributed by atoms with Crippen molar-refractivity contribution in [3.8, 4) is 0 Å². The largest absolute Gasteiger partial charge is 0.394 e. The summed E-state index contributed by atoms with van der Waals surface area (Å²) in [5, 5.41) is 17.6. The summed E-state index contributed by atoms with van der Waals surface area (Å²) >= 11 is 0. The fourth-order valence-electron chi connectivity index (χ4n) is 2.11. The molecule has 0 aromatic rings. The Balaban J connectivity index is 0. The first-order chi connectivity index (χ1) is 10.0. The molecule has 0 rings (SSSR count). The van der Waals surface area contributed by atoms with Crippen LogP contribution in [-0.4, -0.2) is 73.3 Å². The Morgan fingerprint density at radius 3 is 1.82 bits per heavy atom. The van der Waals surface area contributed by atoms with E-state index >= 15 is 0 Å². The maximum Gasteiger partial charge on any atom is 0.269 e. The molecule has 0 aliphatic heterocycles. The molecule has 1 radical (unpaired) electrons. The smallest absolute Gasteiger partial charge is 0.269 e. The Kier molecular flexibility index (Phi) is 19.0. The van der Waals surface area contributed by atoms with Gasteiger partial charge in [-0.1, -0.05) is 64.7 Å². The Bertz CT molecular complexity index is 322. The predicted octanol–water partition coefficient (Wildman–Crippen LogP) is 2.23. The predicted molar refractivity (Wildman–Crippen MR) is 90.4 cm³/mol. The third-order valence-corrected chi connectivity index (χ3v) is 4.69. The molecule has 0 amide bonds. The van der Waals surface area contributed by atoms with E-state index in [-0.39, 0.29) is 36.2 Å². The topological polar surface area (TPSA) is 83.8 Å². The van der Waals surface area contributed by atoms with E-state index in [0.717, 1.165) is 12.8 Å². The van der Waals surface area contributed by atoms with Crippen LogP contribution in [0.15, 0.2) is 0 Å². The van der Waals surface area contributed by atoms with Gasteiger partial charge < -0.3 is 10.2 Å². The van der Waals surface area contributed by atoms with E-state index < -0.39 is 28.6 Å². The summed E-state index contributed by atoms with van der Waals surface area (Å²) in [6.45, 7) is 1.81. The first-order valence-corrected chi connectivity index (χ1v) is 9.75. The van der Waals surface area contributed by atoms with E-state index in [1.54, 1.807) is 0 Å². The van der Waals surface area contributed by atoms with Gasteiger partial charge in [0, 0.05) is 29.6 Å². The van der Waals surface area contributed by atoms with Gasteiger partial charge in [-0.05, 0) is 6.42 Å². The van der Waals surface area contributed by atoms with Crippen LogP contribution in [0.4, 0.5) is 0 Å². The molecule has 0 fully saturated rings. The van der Waals surface area contributed by atoms with Crippen LogP contribution in [0.3, 0.4) is 0 Å². The molecule has 0 aromatic carbocycles. The first kappa shape index (κ1) is 25.1. The van der Waals surface area contributed by atoms with Crippen LogP contribution in [0.25, 0.3) is 0 Å². The van der Waals surface area contributed by atoms with Crippen molar-refractivity contribution in [2.45, 2.75) is 77.2 Å². The second-order valence-electron chi connectivity index (χ2n) is 5.56. The summed E-state index contributed by atoms with van der Waals surface area (Å²) in [5.74, 6) is -0.540. The number of rotatable bonds is 15. The van der Waals surface area contributed by atoms with Gasteiger partial charge in [0.05, 0.1) is 19.3 Å².